The number of aromatic nitrogens is 5. The highest BCUT2D eigenvalue weighted by atomic mass is 16.2. The van der Waals surface area contributed by atoms with Crippen LogP contribution in [0.2, 0.25) is 0 Å². The Labute approximate surface area is 186 Å². The van der Waals surface area contributed by atoms with Gasteiger partial charge in [-0.1, -0.05) is 6.07 Å². The normalized spacial score (nSPS) is 16.0. The highest BCUT2D eigenvalue weighted by Gasteiger charge is 2.29. The van der Waals surface area contributed by atoms with Crippen LogP contribution in [0.15, 0.2) is 79.6 Å². The number of nitrogens with zero attached hydrogens (tertiary/aromatic N) is 6. The van der Waals surface area contributed by atoms with Crippen LogP contribution in [0.3, 0.4) is 0 Å². The Hall–Kier alpha value is -4.00. The van der Waals surface area contributed by atoms with Crippen LogP contribution in [0.1, 0.15) is 34.8 Å². The lowest BCUT2D eigenvalue weighted by molar-refractivity contribution is 0.0706. The van der Waals surface area contributed by atoms with E-state index in [-0.39, 0.29) is 11.8 Å². The van der Waals surface area contributed by atoms with Crippen molar-refractivity contribution in [3.05, 3.63) is 90.9 Å². The minimum Gasteiger partial charge on any atom is -0.338 e. The van der Waals surface area contributed by atoms with Gasteiger partial charge in [0.1, 0.15) is 5.69 Å². The monoisotopic (exact) mass is 422 g/mol. The molecule has 0 saturated carbocycles. The summed E-state index contributed by atoms with van der Waals surface area (Å²) in [6.45, 7) is 1.35. The summed E-state index contributed by atoms with van der Waals surface area (Å²) in [5.74, 6) is 0.723. The zero-order chi connectivity index (χ0) is 21.8. The van der Waals surface area contributed by atoms with Crippen molar-refractivity contribution < 1.29 is 4.79 Å². The molecule has 5 heterocycles. The number of amides is 1. The van der Waals surface area contributed by atoms with Crippen molar-refractivity contribution in [3.8, 4) is 22.6 Å². The lowest BCUT2D eigenvalue weighted by Gasteiger charge is -2.33. The molecule has 0 N–H and O–H groups in total. The first-order valence-electron chi connectivity index (χ1n) is 10.7. The van der Waals surface area contributed by atoms with Gasteiger partial charge >= 0.3 is 0 Å². The number of hydrogen-bond acceptors (Lipinski definition) is 6. The summed E-state index contributed by atoms with van der Waals surface area (Å²) in [5.41, 5.74) is 4.32. The lowest BCUT2D eigenvalue weighted by Crippen LogP contribution is -2.39. The predicted molar refractivity (Wildman–Crippen MR) is 121 cm³/mol. The third-order valence-electron chi connectivity index (χ3n) is 5.73. The van der Waals surface area contributed by atoms with Crippen LogP contribution >= 0.6 is 0 Å². The highest BCUT2D eigenvalue weighted by molar-refractivity contribution is 5.94. The maximum atomic E-state index is 13.1. The Bertz CT molecular complexity index is 1200. The third-order valence-corrected chi connectivity index (χ3v) is 5.73. The van der Waals surface area contributed by atoms with Crippen molar-refractivity contribution in [2.45, 2.75) is 18.8 Å². The number of carbonyl (C=O) groups is 1. The molecular weight excluding hydrogens is 400 g/mol. The number of rotatable bonds is 4. The molecule has 0 bridgehead atoms. The number of hydrogen-bond donors (Lipinski definition) is 0. The quantitative estimate of drug-likeness (QED) is 0.494. The van der Waals surface area contributed by atoms with E-state index in [4.69, 9.17) is 4.98 Å². The van der Waals surface area contributed by atoms with E-state index in [2.05, 4.69) is 19.9 Å². The van der Waals surface area contributed by atoms with Crippen LogP contribution in [0, 0.1) is 0 Å². The molecule has 32 heavy (non-hydrogen) atoms. The van der Waals surface area contributed by atoms with E-state index in [1.807, 2.05) is 41.4 Å². The lowest BCUT2D eigenvalue weighted by atomic mass is 9.89. The standard InChI is InChI=1S/C25H22N6O/c32-25(19-8-13-27-14-9-19)31-15-3-4-20(17-31)23-21(18-6-11-26-12-7-18)16-29-24(30-23)22-5-1-2-10-28-22/h1-2,5-14,16,20H,3-4,15,17H2. The SMILES string of the molecule is O=C(c1ccncc1)N1CCCC(c2nc(-c3ccccn3)ncc2-c2ccncc2)C1. The Morgan fingerprint density at radius 3 is 2.44 bits per heavy atom. The molecule has 158 valence electrons. The second-order valence-electron chi connectivity index (χ2n) is 7.77. The van der Waals surface area contributed by atoms with Gasteiger partial charge in [0.2, 0.25) is 0 Å². The minimum absolute atomic E-state index is 0.0292. The smallest absolute Gasteiger partial charge is 0.253 e. The second-order valence-corrected chi connectivity index (χ2v) is 7.77. The minimum atomic E-state index is 0.0292. The summed E-state index contributed by atoms with van der Waals surface area (Å²) in [7, 11) is 0. The molecule has 0 aromatic carbocycles. The molecule has 0 aliphatic carbocycles. The Balaban J connectivity index is 1.52. The van der Waals surface area contributed by atoms with Gasteiger partial charge in [-0.15, -0.1) is 0 Å². The van der Waals surface area contributed by atoms with Crippen LogP contribution in [-0.4, -0.2) is 48.8 Å². The van der Waals surface area contributed by atoms with Crippen LogP contribution in [0.25, 0.3) is 22.6 Å². The summed E-state index contributed by atoms with van der Waals surface area (Å²) in [4.78, 5) is 37.1. The molecule has 0 radical (unpaired) electrons. The van der Waals surface area contributed by atoms with Gasteiger partial charge in [-0.2, -0.15) is 0 Å². The highest BCUT2D eigenvalue weighted by Crippen LogP contribution is 2.34. The van der Waals surface area contributed by atoms with E-state index in [9.17, 15) is 4.79 Å². The molecule has 1 atom stereocenters. The number of pyridine rings is 3. The zero-order valence-electron chi connectivity index (χ0n) is 17.5. The van der Waals surface area contributed by atoms with E-state index < -0.39 is 0 Å². The molecule has 1 unspecified atom stereocenters. The molecular formula is C25H22N6O. The summed E-state index contributed by atoms with van der Waals surface area (Å²) in [6.07, 6.45) is 12.3. The fraction of sp³-hybridized carbons (Fsp3) is 0.200. The van der Waals surface area contributed by atoms with Crippen molar-refractivity contribution in [3.63, 3.8) is 0 Å². The maximum Gasteiger partial charge on any atom is 0.253 e. The zero-order valence-corrected chi connectivity index (χ0v) is 17.5. The van der Waals surface area contributed by atoms with Crippen LogP contribution in [0.4, 0.5) is 0 Å². The fourth-order valence-electron chi connectivity index (χ4n) is 4.14. The molecule has 4 aromatic heterocycles. The largest absolute Gasteiger partial charge is 0.338 e. The van der Waals surface area contributed by atoms with Gasteiger partial charge in [0, 0.05) is 67.3 Å². The van der Waals surface area contributed by atoms with Gasteiger partial charge in [0.15, 0.2) is 5.82 Å². The molecule has 1 saturated heterocycles. The van der Waals surface area contributed by atoms with Crippen LogP contribution < -0.4 is 0 Å². The molecule has 5 rings (SSSR count). The van der Waals surface area contributed by atoms with Gasteiger partial charge in [0.25, 0.3) is 5.91 Å². The third kappa shape index (κ3) is 4.09. The van der Waals surface area contributed by atoms with Gasteiger partial charge in [-0.3, -0.25) is 19.7 Å². The van der Waals surface area contributed by atoms with Crippen molar-refractivity contribution in [2.24, 2.45) is 0 Å². The van der Waals surface area contributed by atoms with Crippen molar-refractivity contribution in [1.29, 1.82) is 0 Å². The van der Waals surface area contributed by atoms with E-state index in [0.29, 0.717) is 17.9 Å². The Morgan fingerprint density at radius 1 is 0.906 bits per heavy atom. The summed E-state index contributed by atoms with van der Waals surface area (Å²) in [6, 6.07) is 13.2. The summed E-state index contributed by atoms with van der Waals surface area (Å²) < 4.78 is 0. The van der Waals surface area contributed by atoms with Crippen molar-refractivity contribution in [2.75, 3.05) is 13.1 Å². The molecule has 1 amide bonds. The van der Waals surface area contributed by atoms with Gasteiger partial charge in [-0.25, -0.2) is 9.97 Å². The van der Waals surface area contributed by atoms with E-state index in [0.717, 1.165) is 41.9 Å². The molecule has 1 fully saturated rings. The Kier molecular flexibility index (Phi) is 5.61. The molecule has 7 heteroatoms. The number of piperidine rings is 1. The molecule has 7 nitrogen and oxygen atoms in total. The van der Waals surface area contributed by atoms with E-state index in [1.165, 1.54) is 0 Å². The van der Waals surface area contributed by atoms with Gasteiger partial charge in [0.05, 0.1) is 5.69 Å². The van der Waals surface area contributed by atoms with Gasteiger partial charge in [-0.05, 0) is 54.8 Å². The van der Waals surface area contributed by atoms with Crippen LogP contribution in [0.5, 0.6) is 0 Å². The van der Waals surface area contributed by atoms with E-state index >= 15 is 0 Å². The first-order valence-corrected chi connectivity index (χ1v) is 10.7. The summed E-state index contributed by atoms with van der Waals surface area (Å²) in [5, 5.41) is 0. The van der Waals surface area contributed by atoms with Crippen molar-refractivity contribution >= 4 is 5.91 Å². The average Bonchev–Trinajstić information content (AvgIpc) is 2.89. The number of carbonyl (C=O) groups excluding carboxylic acids is 1. The average molecular weight is 422 g/mol. The molecule has 0 spiro atoms. The Morgan fingerprint density at radius 2 is 1.69 bits per heavy atom. The second kappa shape index (κ2) is 9.01. The molecule has 4 aromatic rings. The first kappa shape index (κ1) is 19.9. The van der Waals surface area contributed by atoms with E-state index in [1.54, 1.807) is 43.1 Å². The first-order chi connectivity index (χ1) is 15.8. The van der Waals surface area contributed by atoms with Gasteiger partial charge < -0.3 is 4.90 Å². The summed E-state index contributed by atoms with van der Waals surface area (Å²) >= 11 is 0. The van der Waals surface area contributed by atoms with Crippen molar-refractivity contribution in [1.82, 2.24) is 29.8 Å². The topological polar surface area (TPSA) is 84.8 Å². The molecule has 1 aliphatic heterocycles. The van der Waals surface area contributed by atoms with Crippen LogP contribution in [-0.2, 0) is 0 Å². The maximum absolute atomic E-state index is 13.1. The predicted octanol–water partition coefficient (Wildman–Crippen LogP) is 4.02. The molecule has 1 aliphatic rings. The number of likely N-dealkylation sites (tertiary alicyclic amines) is 1. The fourth-order valence-corrected chi connectivity index (χ4v) is 4.14.